The molecule has 0 fully saturated rings. The van der Waals surface area contributed by atoms with E-state index in [1.807, 2.05) is 0 Å². The second kappa shape index (κ2) is 20.6. The maximum absolute atomic E-state index is 12.8. The highest BCUT2D eigenvalue weighted by Crippen LogP contribution is 2.50. The van der Waals surface area contributed by atoms with Crippen molar-refractivity contribution in [1.29, 1.82) is 0 Å². The van der Waals surface area contributed by atoms with Crippen molar-refractivity contribution >= 4 is 144 Å². The standard InChI is InChI=1S/C43H31N9O22S6/c1-74-23-9-11-28(32(16-23)77(62,63)64)48-51-38-34(79(68,69)70)14-20-12-21(8-10-24(20)41(38)53)46-50-40-35(80(71,72)73)17-26-31(76(59,60)61)18-29(37(44)36(26)43(40)55)49-45-22-7-6-19-13-33(78(65,66)67)39(42(54)25(19)15-22)52-47-27-4-2-3-5-30(27)75(56,57)58/h2-18,53-55H,44H2,1H3,(H,56,57,58)(H,59,60,61)(H,62,63,64)(H,65,66,67)(H,68,69,70)(H,71,72,73). The van der Waals surface area contributed by atoms with E-state index < -0.39 is 158 Å². The number of fused-ring (bicyclic) bond motifs is 3. The summed E-state index contributed by atoms with van der Waals surface area (Å²) in [5.41, 5.74) is 0.236. The Hall–Kier alpha value is -8.60. The van der Waals surface area contributed by atoms with Crippen LogP contribution in [0.4, 0.5) is 51.2 Å². The molecule has 0 aromatic heterocycles. The number of phenolic OH excluding ortho intramolecular Hbond substituents is 3. The molecule has 0 spiro atoms. The summed E-state index contributed by atoms with van der Waals surface area (Å²) in [6.45, 7) is 0. The van der Waals surface area contributed by atoms with Crippen molar-refractivity contribution in [2.24, 2.45) is 40.9 Å². The van der Waals surface area contributed by atoms with E-state index in [2.05, 4.69) is 40.9 Å². The molecule has 416 valence electrons. The van der Waals surface area contributed by atoms with E-state index in [0.29, 0.717) is 12.1 Å². The molecule has 31 nitrogen and oxygen atoms in total. The van der Waals surface area contributed by atoms with Crippen LogP contribution in [0.25, 0.3) is 32.3 Å². The van der Waals surface area contributed by atoms with E-state index in [1.165, 1.54) is 25.3 Å². The smallest absolute Gasteiger partial charge is 0.296 e. The Morgan fingerprint density at radius 3 is 1.41 bits per heavy atom. The lowest BCUT2D eigenvalue weighted by Crippen LogP contribution is -2.04. The van der Waals surface area contributed by atoms with Gasteiger partial charge < -0.3 is 25.8 Å². The molecule has 0 radical (unpaired) electrons. The molecule has 0 aliphatic heterocycles. The number of anilines is 1. The molecule has 0 heterocycles. The van der Waals surface area contributed by atoms with E-state index in [0.717, 1.165) is 72.8 Å². The molecule has 8 rings (SSSR count). The number of aromatic hydroxyl groups is 3. The van der Waals surface area contributed by atoms with Crippen LogP contribution in [0.2, 0.25) is 0 Å². The predicted octanol–water partition coefficient (Wildman–Crippen LogP) is 9.00. The third-order valence-corrected chi connectivity index (χ3v) is 16.4. The fourth-order valence-corrected chi connectivity index (χ4v) is 11.5. The largest absolute Gasteiger partial charge is 0.505 e. The van der Waals surface area contributed by atoms with Gasteiger partial charge in [-0.05, 0) is 89.6 Å². The maximum Gasteiger partial charge on any atom is 0.296 e. The highest BCUT2D eigenvalue weighted by atomic mass is 32.2. The quantitative estimate of drug-likeness (QED) is 0.0260. The molecule has 11 N–H and O–H groups in total. The lowest BCUT2D eigenvalue weighted by atomic mass is 10.0. The van der Waals surface area contributed by atoms with Gasteiger partial charge in [0.25, 0.3) is 60.7 Å². The number of rotatable bonds is 15. The molecular weight excluding hydrogens is 1190 g/mol. The van der Waals surface area contributed by atoms with Gasteiger partial charge in [0.1, 0.15) is 69.2 Å². The molecule has 0 saturated carbocycles. The van der Waals surface area contributed by atoms with E-state index in [4.69, 9.17) is 10.5 Å². The molecule has 0 aliphatic rings. The minimum Gasteiger partial charge on any atom is -0.505 e. The van der Waals surface area contributed by atoms with Gasteiger partial charge in [0.15, 0.2) is 17.2 Å². The molecule has 0 aliphatic carbocycles. The summed E-state index contributed by atoms with van der Waals surface area (Å²) >= 11 is 0. The first-order chi connectivity index (χ1) is 37.1. The number of nitrogens with zero attached hydrogens (tertiary/aromatic N) is 8. The summed E-state index contributed by atoms with van der Waals surface area (Å²) in [4.78, 5) is -6.27. The molecule has 0 saturated heterocycles. The van der Waals surface area contributed by atoms with E-state index in [1.54, 1.807) is 0 Å². The van der Waals surface area contributed by atoms with Gasteiger partial charge in [0, 0.05) is 22.2 Å². The SMILES string of the molecule is COc1ccc(N=Nc2c(S(=O)(=O)O)cc3cc(N=Nc4c(S(=O)(=O)O)cc5c(S(=O)(=O)O)cc(N=Nc6ccc7cc(S(=O)(=O)O)c(N=Nc8ccccc8S(=O)(=O)O)c(O)c7c6)c(N)c5c4O)ccc3c2O)c(S(=O)(=O)O)c1. The molecule has 0 atom stereocenters. The van der Waals surface area contributed by atoms with Gasteiger partial charge in [-0.25, -0.2) is 0 Å². The van der Waals surface area contributed by atoms with E-state index >= 15 is 0 Å². The fraction of sp³-hybridized carbons (Fsp3) is 0.0233. The molecule has 37 heteroatoms. The number of hydrogen-bond acceptors (Lipinski definition) is 25. The first-order valence-corrected chi connectivity index (χ1v) is 29.7. The molecule has 0 amide bonds. The highest BCUT2D eigenvalue weighted by Gasteiger charge is 2.30. The van der Waals surface area contributed by atoms with Crippen LogP contribution >= 0.6 is 0 Å². The Morgan fingerprint density at radius 2 is 0.838 bits per heavy atom. The van der Waals surface area contributed by atoms with Crippen LogP contribution in [-0.4, -0.2) is 100 Å². The zero-order chi connectivity index (χ0) is 58.8. The fourth-order valence-electron chi connectivity index (χ4n) is 7.57. The lowest BCUT2D eigenvalue weighted by molar-refractivity contribution is 0.412. The molecule has 8 aromatic carbocycles. The topological polar surface area (TPSA) is 521 Å². The van der Waals surface area contributed by atoms with Crippen molar-refractivity contribution in [3.05, 3.63) is 103 Å². The zero-order valence-corrected chi connectivity index (χ0v) is 44.2. The van der Waals surface area contributed by atoms with Crippen LogP contribution in [-0.2, 0) is 60.7 Å². The van der Waals surface area contributed by atoms with Crippen molar-refractivity contribution in [3.8, 4) is 23.0 Å². The Balaban J connectivity index is 1.23. The van der Waals surface area contributed by atoms with Gasteiger partial charge in [-0.3, -0.25) is 27.3 Å². The molecule has 8 aromatic rings. The number of phenols is 3. The lowest BCUT2D eigenvalue weighted by Gasteiger charge is -2.14. The summed E-state index contributed by atoms with van der Waals surface area (Å²) in [6, 6.07) is 16.6. The zero-order valence-electron chi connectivity index (χ0n) is 39.3. The van der Waals surface area contributed by atoms with Gasteiger partial charge in [-0.2, -0.15) is 60.7 Å². The molecule has 0 unspecified atom stereocenters. The first kappa shape index (κ1) is 57.6. The molecular formula is C43H31N9O22S6. The van der Waals surface area contributed by atoms with Crippen molar-refractivity contribution in [1.82, 2.24) is 0 Å². The van der Waals surface area contributed by atoms with Gasteiger partial charge >= 0.3 is 0 Å². The monoisotopic (exact) mass is 1220 g/mol. The average Bonchev–Trinajstić information content (AvgIpc) is 3.50. The van der Waals surface area contributed by atoms with E-state index in [9.17, 15) is 93.1 Å². The Labute approximate surface area is 448 Å². The minimum absolute atomic E-state index is 0.0478. The third kappa shape index (κ3) is 11.6. The van der Waals surface area contributed by atoms with Crippen LogP contribution in [0.1, 0.15) is 0 Å². The summed E-state index contributed by atoms with van der Waals surface area (Å²) < 4.78 is 214. The molecule has 0 bridgehead atoms. The second-order valence-corrected chi connectivity index (χ2v) is 24.5. The number of methoxy groups -OCH3 is 1. The summed E-state index contributed by atoms with van der Waals surface area (Å²) in [7, 11) is -30.2. The number of hydrogen-bond donors (Lipinski definition) is 10. The van der Waals surface area contributed by atoms with Gasteiger partial charge in [-0.1, -0.05) is 18.2 Å². The summed E-state index contributed by atoms with van der Waals surface area (Å²) in [5, 5.41) is 61.5. The number of ether oxygens (including phenoxy) is 1. The van der Waals surface area contributed by atoms with E-state index in [-0.39, 0.29) is 38.7 Å². The third-order valence-electron chi connectivity index (χ3n) is 11.1. The van der Waals surface area contributed by atoms with Crippen molar-refractivity contribution in [2.45, 2.75) is 29.4 Å². The van der Waals surface area contributed by atoms with Crippen LogP contribution in [0, 0.1) is 0 Å². The van der Waals surface area contributed by atoms with Gasteiger partial charge in [-0.15, -0.1) is 30.7 Å². The summed E-state index contributed by atoms with van der Waals surface area (Å²) in [6.07, 6.45) is 0. The van der Waals surface area contributed by atoms with Crippen molar-refractivity contribution in [3.63, 3.8) is 0 Å². The summed E-state index contributed by atoms with van der Waals surface area (Å²) in [5.74, 6) is -3.35. The number of benzene rings is 8. The normalized spacial score (nSPS) is 13.3. The number of azo groups is 4. The van der Waals surface area contributed by atoms with Crippen LogP contribution in [0.3, 0.4) is 0 Å². The molecule has 80 heavy (non-hydrogen) atoms. The number of nitrogens with two attached hydrogens (primary N) is 1. The Bertz CT molecular complexity index is 4870. The van der Waals surface area contributed by atoms with Crippen LogP contribution in [0.5, 0.6) is 23.0 Å². The number of nitrogen functional groups attached to an aromatic ring is 1. The van der Waals surface area contributed by atoms with Gasteiger partial charge in [0.05, 0.1) is 29.6 Å². The average molecular weight is 1220 g/mol. The minimum atomic E-state index is -5.54. The van der Waals surface area contributed by atoms with Crippen LogP contribution < -0.4 is 10.5 Å². The Morgan fingerprint density at radius 1 is 0.375 bits per heavy atom. The predicted molar refractivity (Wildman–Crippen MR) is 276 cm³/mol. The van der Waals surface area contributed by atoms with Crippen LogP contribution in [0.15, 0.2) is 173 Å². The van der Waals surface area contributed by atoms with Crippen molar-refractivity contribution < 1.29 is 97.9 Å². The Kier molecular flexibility index (Phi) is 14.8. The van der Waals surface area contributed by atoms with Gasteiger partial charge in [0.2, 0.25) is 0 Å². The highest BCUT2D eigenvalue weighted by molar-refractivity contribution is 7.87. The second-order valence-electron chi connectivity index (χ2n) is 16.2. The first-order valence-electron chi connectivity index (χ1n) is 21.1. The maximum atomic E-state index is 12.8. The van der Waals surface area contributed by atoms with Crippen molar-refractivity contribution in [2.75, 3.05) is 12.8 Å².